The second-order valence-corrected chi connectivity index (χ2v) is 5.82. The molecule has 0 aromatic carbocycles. The summed E-state index contributed by atoms with van der Waals surface area (Å²) in [4.78, 5) is 0. The topological polar surface area (TPSA) is 97.0 Å². The zero-order valence-electron chi connectivity index (χ0n) is 12.2. The van der Waals surface area contributed by atoms with Crippen LogP contribution in [0.2, 0.25) is 0 Å². The lowest BCUT2D eigenvalue weighted by Gasteiger charge is -2.32. The minimum Gasteiger partial charge on any atom is -0.400 e. The van der Waals surface area contributed by atoms with E-state index in [0.29, 0.717) is 11.3 Å². The number of nitriles is 1. The molecule has 2 heterocycles. The van der Waals surface area contributed by atoms with Crippen molar-refractivity contribution in [1.29, 1.82) is 5.26 Å². The van der Waals surface area contributed by atoms with E-state index in [2.05, 4.69) is 10.2 Å². The first-order chi connectivity index (χ1) is 9.30. The number of aromatic nitrogens is 2. The van der Waals surface area contributed by atoms with Crippen LogP contribution >= 0.6 is 0 Å². The molecule has 0 amide bonds. The molecule has 0 atom stereocenters. The van der Waals surface area contributed by atoms with E-state index in [1.807, 2.05) is 33.8 Å². The van der Waals surface area contributed by atoms with Crippen molar-refractivity contribution in [2.75, 3.05) is 6.54 Å². The SMILES string of the molecule is CC1(C)OB(C(=Cc2cn[nH]c2C#N)CN)OC1(C)C. The Balaban J connectivity index is 2.29. The van der Waals surface area contributed by atoms with Gasteiger partial charge in [-0.15, -0.1) is 0 Å². The van der Waals surface area contributed by atoms with Gasteiger partial charge in [-0.25, -0.2) is 0 Å². The Morgan fingerprint density at radius 1 is 1.45 bits per heavy atom. The van der Waals surface area contributed by atoms with Crippen molar-refractivity contribution >= 4 is 13.2 Å². The Morgan fingerprint density at radius 3 is 2.55 bits per heavy atom. The molecule has 1 fully saturated rings. The standard InChI is InChI=1S/C13H19BN4O2/c1-12(2)13(3,4)20-14(19-12)10(6-15)5-9-8-17-18-11(9)7-16/h5,8H,6,15H2,1-4H3,(H,17,18). The van der Waals surface area contributed by atoms with Crippen LogP contribution in [-0.4, -0.2) is 35.1 Å². The van der Waals surface area contributed by atoms with Gasteiger partial charge in [-0.1, -0.05) is 6.08 Å². The second-order valence-electron chi connectivity index (χ2n) is 5.82. The molecule has 0 radical (unpaired) electrons. The van der Waals surface area contributed by atoms with Crippen LogP contribution in [0.3, 0.4) is 0 Å². The zero-order chi connectivity index (χ0) is 15.0. The first kappa shape index (κ1) is 14.8. The Bertz CT molecular complexity index is 555. The van der Waals surface area contributed by atoms with Gasteiger partial charge in [-0.05, 0) is 33.2 Å². The van der Waals surface area contributed by atoms with E-state index in [1.54, 1.807) is 12.3 Å². The average molecular weight is 274 g/mol. The highest BCUT2D eigenvalue weighted by Gasteiger charge is 2.52. The summed E-state index contributed by atoms with van der Waals surface area (Å²) in [7, 11) is -0.508. The third-order valence-corrected chi connectivity index (χ3v) is 3.91. The van der Waals surface area contributed by atoms with Crippen LogP contribution in [-0.2, 0) is 9.31 Å². The van der Waals surface area contributed by atoms with Crippen LogP contribution in [0.25, 0.3) is 6.08 Å². The molecule has 1 aliphatic rings. The fourth-order valence-electron chi connectivity index (χ4n) is 1.91. The van der Waals surface area contributed by atoms with Crippen molar-refractivity contribution in [2.24, 2.45) is 5.73 Å². The Kier molecular flexibility index (Phi) is 3.74. The van der Waals surface area contributed by atoms with Crippen LogP contribution in [0.1, 0.15) is 39.0 Å². The number of rotatable bonds is 3. The first-order valence-electron chi connectivity index (χ1n) is 6.50. The molecule has 0 spiro atoms. The highest BCUT2D eigenvalue weighted by atomic mass is 16.7. The molecule has 6 nitrogen and oxygen atoms in total. The summed E-state index contributed by atoms with van der Waals surface area (Å²) in [5.74, 6) is 0. The molecule has 0 unspecified atom stereocenters. The maximum absolute atomic E-state index is 8.98. The van der Waals surface area contributed by atoms with E-state index < -0.39 is 18.3 Å². The zero-order valence-corrected chi connectivity index (χ0v) is 12.2. The number of nitrogens with two attached hydrogens (primary N) is 1. The monoisotopic (exact) mass is 274 g/mol. The minimum absolute atomic E-state index is 0.285. The summed E-state index contributed by atoms with van der Waals surface area (Å²) in [6.45, 7) is 8.23. The maximum atomic E-state index is 8.98. The normalized spacial score (nSPS) is 21.0. The van der Waals surface area contributed by atoms with Crippen molar-refractivity contribution in [3.05, 3.63) is 22.9 Å². The van der Waals surface area contributed by atoms with Gasteiger partial charge in [0.2, 0.25) is 0 Å². The Hall–Kier alpha value is -1.62. The van der Waals surface area contributed by atoms with Gasteiger partial charge < -0.3 is 15.0 Å². The van der Waals surface area contributed by atoms with Crippen molar-refractivity contribution in [2.45, 2.75) is 38.9 Å². The van der Waals surface area contributed by atoms with Gasteiger partial charge >= 0.3 is 7.12 Å². The Morgan fingerprint density at radius 2 is 2.05 bits per heavy atom. The van der Waals surface area contributed by atoms with E-state index in [4.69, 9.17) is 20.3 Å². The molecule has 20 heavy (non-hydrogen) atoms. The predicted molar refractivity (Wildman–Crippen MR) is 76.4 cm³/mol. The van der Waals surface area contributed by atoms with E-state index in [-0.39, 0.29) is 6.54 Å². The van der Waals surface area contributed by atoms with Gasteiger partial charge in [0, 0.05) is 12.1 Å². The van der Waals surface area contributed by atoms with Crippen LogP contribution in [0.15, 0.2) is 11.7 Å². The number of hydrogen-bond acceptors (Lipinski definition) is 5. The molecule has 2 rings (SSSR count). The molecule has 1 aromatic rings. The largest absolute Gasteiger partial charge is 0.491 e. The average Bonchev–Trinajstić information content (AvgIpc) is 2.88. The van der Waals surface area contributed by atoms with Crippen LogP contribution in [0.4, 0.5) is 0 Å². The number of aromatic amines is 1. The van der Waals surface area contributed by atoms with Gasteiger partial charge in [-0.2, -0.15) is 10.4 Å². The minimum atomic E-state index is -0.508. The van der Waals surface area contributed by atoms with Gasteiger partial charge in [-0.3, -0.25) is 5.10 Å². The van der Waals surface area contributed by atoms with Crippen molar-refractivity contribution in [3.8, 4) is 6.07 Å². The lowest BCUT2D eigenvalue weighted by molar-refractivity contribution is 0.00578. The first-order valence-corrected chi connectivity index (χ1v) is 6.50. The lowest BCUT2D eigenvalue weighted by atomic mass is 9.77. The summed E-state index contributed by atoms with van der Waals surface area (Å²) in [6.07, 6.45) is 3.38. The molecule has 7 heteroatoms. The number of nitrogens with zero attached hydrogens (tertiary/aromatic N) is 2. The van der Waals surface area contributed by atoms with Crippen LogP contribution in [0, 0.1) is 11.3 Å². The molecule has 1 saturated heterocycles. The highest BCUT2D eigenvalue weighted by molar-refractivity contribution is 6.55. The van der Waals surface area contributed by atoms with E-state index >= 15 is 0 Å². The van der Waals surface area contributed by atoms with Crippen LogP contribution < -0.4 is 5.73 Å². The molecular formula is C13H19BN4O2. The molecule has 106 valence electrons. The number of nitrogens with one attached hydrogen (secondary N) is 1. The summed E-state index contributed by atoms with van der Waals surface area (Å²) in [5.41, 5.74) is 6.82. The van der Waals surface area contributed by atoms with Gasteiger partial charge in [0.1, 0.15) is 11.8 Å². The van der Waals surface area contributed by atoms with Crippen molar-refractivity contribution in [1.82, 2.24) is 10.2 Å². The fourth-order valence-corrected chi connectivity index (χ4v) is 1.91. The van der Waals surface area contributed by atoms with Gasteiger partial charge in [0.15, 0.2) is 0 Å². The third-order valence-electron chi connectivity index (χ3n) is 3.91. The number of H-pyrrole nitrogens is 1. The van der Waals surface area contributed by atoms with Gasteiger partial charge in [0.25, 0.3) is 0 Å². The third kappa shape index (κ3) is 2.50. The van der Waals surface area contributed by atoms with E-state index in [0.717, 1.165) is 5.47 Å². The number of hydrogen-bond donors (Lipinski definition) is 2. The molecular weight excluding hydrogens is 255 g/mol. The molecule has 1 aromatic heterocycles. The summed E-state index contributed by atoms with van der Waals surface area (Å²) in [6, 6.07) is 2.04. The van der Waals surface area contributed by atoms with Crippen molar-refractivity contribution in [3.63, 3.8) is 0 Å². The molecule has 0 bridgehead atoms. The summed E-state index contributed by atoms with van der Waals surface area (Å²) >= 11 is 0. The molecule has 0 saturated carbocycles. The quantitative estimate of drug-likeness (QED) is 0.808. The lowest BCUT2D eigenvalue weighted by Crippen LogP contribution is -2.41. The maximum Gasteiger partial charge on any atom is 0.491 e. The molecule has 0 aliphatic carbocycles. The summed E-state index contributed by atoms with van der Waals surface area (Å²) in [5, 5.41) is 15.5. The summed E-state index contributed by atoms with van der Waals surface area (Å²) < 4.78 is 11.9. The predicted octanol–water partition coefficient (Wildman–Crippen LogP) is 1.25. The highest BCUT2D eigenvalue weighted by Crippen LogP contribution is 2.38. The van der Waals surface area contributed by atoms with Gasteiger partial charge in [0.05, 0.1) is 17.4 Å². The fraction of sp³-hybridized carbons (Fsp3) is 0.538. The Labute approximate surface area is 119 Å². The van der Waals surface area contributed by atoms with E-state index in [9.17, 15) is 0 Å². The van der Waals surface area contributed by atoms with E-state index in [1.165, 1.54) is 0 Å². The smallest absolute Gasteiger partial charge is 0.400 e. The molecule has 3 N–H and O–H groups in total. The second kappa shape index (κ2) is 5.06. The van der Waals surface area contributed by atoms with Crippen LogP contribution in [0.5, 0.6) is 0 Å². The van der Waals surface area contributed by atoms with Crippen molar-refractivity contribution < 1.29 is 9.31 Å². The molecule has 1 aliphatic heterocycles.